The van der Waals surface area contributed by atoms with Crippen LogP contribution in [0.5, 0.6) is 11.5 Å². The van der Waals surface area contributed by atoms with Crippen molar-refractivity contribution in [3.05, 3.63) is 27.7 Å². The first kappa shape index (κ1) is 13.0. The number of rotatable bonds is 3. The Kier molecular flexibility index (Phi) is 3.91. The van der Waals surface area contributed by atoms with Crippen molar-refractivity contribution in [3.8, 4) is 11.5 Å². The maximum atomic E-state index is 11.5. The van der Waals surface area contributed by atoms with Gasteiger partial charge in [0, 0.05) is 5.57 Å². The Labute approximate surface area is 114 Å². The lowest BCUT2D eigenvalue weighted by atomic mass is 10.1. The van der Waals surface area contributed by atoms with E-state index in [1.54, 1.807) is 19.9 Å². The Hall–Kier alpha value is -1.49. The minimum Gasteiger partial charge on any atom is -0.463 e. The van der Waals surface area contributed by atoms with E-state index >= 15 is 0 Å². The Morgan fingerprint density at radius 3 is 3.00 bits per heavy atom. The summed E-state index contributed by atoms with van der Waals surface area (Å²) in [5.74, 6) is 1.06. The summed E-state index contributed by atoms with van der Waals surface area (Å²) >= 11 is 3.41. The van der Waals surface area contributed by atoms with Crippen molar-refractivity contribution in [1.29, 1.82) is 0 Å². The molecule has 0 saturated heterocycles. The van der Waals surface area contributed by atoms with Gasteiger partial charge in [0.05, 0.1) is 11.1 Å². The monoisotopic (exact) mass is 312 g/mol. The van der Waals surface area contributed by atoms with Crippen LogP contribution < -0.4 is 9.47 Å². The largest absolute Gasteiger partial charge is 0.463 e. The van der Waals surface area contributed by atoms with E-state index in [9.17, 15) is 4.79 Å². The van der Waals surface area contributed by atoms with Crippen molar-refractivity contribution in [3.63, 3.8) is 0 Å². The molecule has 0 unspecified atom stereocenters. The van der Waals surface area contributed by atoms with Gasteiger partial charge in [-0.2, -0.15) is 0 Å². The Morgan fingerprint density at radius 2 is 2.28 bits per heavy atom. The number of carbonyl (C=O) groups excluding carboxylic acids is 1. The van der Waals surface area contributed by atoms with Gasteiger partial charge in [0.15, 0.2) is 11.5 Å². The first-order valence-corrected chi connectivity index (χ1v) is 6.35. The van der Waals surface area contributed by atoms with Crippen LogP contribution in [0.15, 0.2) is 22.2 Å². The molecule has 0 saturated carbocycles. The van der Waals surface area contributed by atoms with Gasteiger partial charge in [-0.3, -0.25) is 0 Å². The number of esters is 1. The molecule has 0 spiro atoms. The molecule has 0 aromatic heterocycles. The SMILES string of the molecule is CCOC(=O)/C(C)=C/c1cc(Br)c2c(c1)OCO2. The predicted octanol–water partition coefficient (Wildman–Crippen LogP) is 3.14. The molecule has 0 amide bonds. The third-order valence-electron chi connectivity index (χ3n) is 2.43. The van der Waals surface area contributed by atoms with Crippen molar-refractivity contribution in [2.45, 2.75) is 13.8 Å². The predicted molar refractivity (Wildman–Crippen MR) is 70.5 cm³/mol. The van der Waals surface area contributed by atoms with Crippen LogP contribution in [0.2, 0.25) is 0 Å². The third kappa shape index (κ3) is 2.67. The number of benzene rings is 1. The van der Waals surface area contributed by atoms with E-state index in [0.717, 1.165) is 10.0 Å². The zero-order valence-electron chi connectivity index (χ0n) is 10.2. The molecule has 0 N–H and O–H groups in total. The molecule has 4 nitrogen and oxygen atoms in total. The first-order chi connectivity index (χ1) is 8.61. The molecule has 96 valence electrons. The molecule has 0 aliphatic carbocycles. The van der Waals surface area contributed by atoms with Crippen molar-refractivity contribution in [2.24, 2.45) is 0 Å². The fourth-order valence-electron chi connectivity index (χ4n) is 1.62. The fraction of sp³-hybridized carbons (Fsp3) is 0.308. The molecule has 1 aromatic carbocycles. The highest BCUT2D eigenvalue weighted by Crippen LogP contribution is 2.40. The molecule has 18 heavy (non-hydrogen) atoms. The summed E-state index contributed by atoms with van der Waals surface area (Å²) in [7, 11) is 0. The lowest BCUT2D eigenvalue weighted by Crippen LogP contribution is -2.04. The molecule has 2 rings (SSSR count). The van der Waals surface area contributed by atoms with Crippen LogP contribution in [-0.2, 0) is 9.53 Å². The van der Waals surface area contributed by atoms with Gasteiger partial charge in [0.25, 0.3) is 0 Å². The maximum absolute atomic E-state index is 11.5. The van der Waals surface area contributed by atoms with Crippen molar-refractivity contribution < 1.29 is 19.0 Å². The normalized spacial score (nSPS) is 13.6. The Morgan fingerprint density at radius 1 is 1.50 bits per heavy atom. The summed E-state index contributed by atoms with van der Waals surface area (Å²) in [5, 5.41) is 0. The Balaban J connectivity index is 2.27. The van der Waals surface area contributed by atoms with Crippen LogP contribution in [0.1, 0.15) is 19.4 Å². The van der Waals surface area contributed by atoms with Gasteiger partial charge in [-0.1, -0.05) is 0 Å². The minimum absolute atomic E-state index is 0.220. The average Bonchev–Trinajstić information content (AvgIpc) is 2.77. The second-order valence-corrected chi connectivity index (χ2v) is 4.64. The zero-order valence-corrected chi connectivity index (χ0v) is 11.7. The molecule has 0 bridgehead atoms. The van der Waals surface area contributed by atoms with E-state index in [-0.39, 0.29) is 12.8 Å². The molecule has 1 aliphatic heterocycles. The molecule has 5 heteroatoms. The van der Waals surface area contributed by atoms with E-state index < -0.39 is 0 Å². The topological polar surface area (TPSA) is 44.8 Å². The summed E-state index contributed by atoms with van der Waals surface area (Å²) in [6.45, 7) is 4.09. The standard InChI is InChI=1S/C13H13BrO4/c1-3-16-13(15)8(2)4-9-5-10(14)12-11(6-9)17-7-18-12/h4-6H,3,7H2,1-2H3/b8-4+. The van der Waals surface area contributed by atoms with Crippen molar-refractivity contribution in [2.75, 3.05) is 13.4 Å². The molecule has 1 aromatic rings. The van der Waals surface area contributed by atoms with E-state index in [4.69, 9.17) is 14.2 Å². The molecule has 0 fully saturated rings. The number of halogens is 1. The third-order valence-corrected chi connectivity index (χ3v) is 3.02. The van der Waals surface area contributed by atoms with Gasteiger partial charge >= 0.3 is 5.97 Å². The molecule has 1 heterocycles. The van der Waals surface area contributed by atoms with Gasteiger partial charge < -0.3 is 14.2 Å². The number of hydrogen-bond acceptors (Lipinski definition) is 4. The van der Waals surface area contributed by atoms with E-state index in [1.807, 2.05) is 12.1 Å². The highest BCUT2D eigenvalue weighted by molar-refractivity contribution is 9.10. The summed E-state index contributed by atoms with van der Waals surface area (Å²) in [4.78, 5) is 11.5. The van der Waals surface area contributed by atoms with Crippen LogP contribution in [0.25, 0.3) is 6.08 Å². The van der Waals surface area contributed by atoms with Crippen LogP contribution >= 0.6 is 15.9 Å². The van der Waals surface area contributed by atoms with Gasteiger partial charge in [-0.15, -0.1) is 0 Å². The molecule has 0 radical (unpaired) electrons. The highest BCUT2D eigenvalue weighted by atomic mass is 79.9. The van der Waals surface area contributed by atoms with E-state index in [1.165, 1.54) is 0 Å². The van der Waals surface area contributed by atoms with Gasteiger partial charge in [0.2, 0.25) is 6.79 Å². The maximum Gasteiger partial charge on any atom is 0.333 e. The zero-order chi connectivity index (χ0) is 13.1. The van der Waals surface area contributed by atoms with Crippen LogP contribution in [0, 0.1) is 0 Å². The quantitative estimate of drug-likeness (QED) is 0.635. The van der Waals surface area contributed by atoms with Crippen LogP contribution in [0.4, 0.5) is 0 Å². The second kappa shape index (κ2) is 5.44. The first-order valence-electron chi connectivity index (χ1n) is 5.56. The van der Waals surface area contributed by atoms with E-state index in [2.05, 4.69) is 15.9 Å². The number of hydrogen-bond donors (Lipinski definition) is 0. The highest BCUT2D eigenvalue weighted by Gasteiger charge is 2.17. The number of fused-ring (bicyclic) bond motifs is 1. The summed E-state index contributed by atoms with van der Waals surface area (Å²) in [6.07, 6.45) is 1.75. The smallest absolute Gasteiger partial charge is 0.333 e. The summed E-state index contributed by atoms with van der Waals surface area (Å²) in [5.41, 5.74) is 1.40. The number of carbonyl (C=O) groups is 1. The molecular formula is C13H13BrO4. The second-order valence-electron chi connectivity index (χ2n) is 3.78. The van der Waals surface area contributed by atoms with Gasteiger partial charge in [-0.05, 0) is 53.5 Å². The summed E-state index contributed by atoms with van der Waals surface area (Å²) < 4.78 is 16.3. The van der Waals surface area contributed by atoms with Crippen LogP contribution in [-0.4, -0.2) is 19.4 Å². The van der Waals surface area contributed by atoms with Crippen molar-refractivity contribution >= 4 is 28.0 Å². The van der Waals surface area contributed by atoms with Gasteiger partial charge in [0.1, 0.15) is 0 Å². The average molecular weight is 313 g/mol. The lowest BCUT2D eigenvalue weighted by Gasteiger charge is -2.04. The fourth-order valence-corrected chi connectivity index (χ4v) is 2.20. The van der Waals surface area contributed by atoms with Crippen molar-refractivity contribution in [1.82, 2.24) is 0 Å². The van der Waals surface area contributed by atoms with Gasteiger partial charge in [-0.25, -0.2) is 4.79 Å². The molecular weight excluding hydrogens is 300 g/mol. The number of ether oxygens (including phenoxy) is 3. The van der Waals surface area contributed by atoms with E-state index in [0.29, 0.717) is 23.7 Å². The van der Waals surface area contributed by atoms with Crippen LogP contribution in [0.3, 0.4) is 0 Å². The summed E-state index contributed by atoms with van der Waals surface area (Å²) in [6, 6.07) is 3.70. The molecule has 1 aliphatic rings. The lowest BCUT2D eigenvalue weighted by molar-refractivity contribution is -0.138. The Bertz CT molecular complexity index is 508. The molecule has 0 atom stereocenters. The minimum atomic E-state index is -0.314.